The molecule has 0 aromatic heterocycles. The Bertz CT molecular complexity index is 1680. The van der Waals surface area contributed by atoms with E-state index in [0.29, 0.717) is 11.1 Å². The number of benzene rings is 6. The Labute approximate surface area is 191 Å². The second kappa shape index (κ2) is 7.61. The number of para-hydroxylation sites is 1. The van der Waals surface area contributed by atoms with Gasteiger partial charge in [-0.3, -0.25) is 4.79 Å². The van der Waals surface area contributed by atoms with Crippen LogP contribution in [0.25, 0.3) is 43.4 Å². The van der Waals surface area contributed by atoms with Gasteiger partial charge in [0, 0.05) is 10.9 Å². The van der Waals surface area contributed by atoms with Gasteiger partial charge in [-0.05, 0) is 62.3 Å². The van der Waals surface area contributed by atoms with E-state index in [9.17, 15) is 9.90 Å². The molecule has 0 bridgehead atoms. The molecule has 0 saturated carbocycles. The van der Waals surface area contributed by atoms with Gasteiger partial charge in [0.05, 0.1) is 5.56 Å². The van der Waals surface area contributed by atoms with Gasteiger partial charge in [-0.1, -0.05) is 91.0 Å². The van der Waals surface area contributed by atoms with Gasteiger partial charge >= 0.3 is 0 Å². The van der Waals surface area contributed by atoms with Crippen LogP contribution in [0.15, 0.2) is 115 Å². The first-order valence-corrected chi connectivity index (χ1v) is 11.0. The molecular weight excluding hydrogens is 404 g/mol. The highest BCUT2D eigenvalue weighted by Crippen LogP contribution is 2.40. The maximum absolute atomic E-state index is 13.8. The molecule has 2 nitrogen and oxygen atoms in total. The van der Waals surface area contributed by atoms with Crippen molar-refractivity contribution in [2.24, 2.45) is 0 Å². The number of carbonyl (C=O) groups is 1. The summed E-state index contributed by atoms with van der Waals surface area (Å²) in [6, 6.07) is 37.7. The molecule has 0 radical (unpaired) electrons. The number of fused-ring (bicyclic) bond motifs is 5. The molecule has 0 amide bonds. The molecule has 1 N–H and O–H groups in total. The first kappa shape index (κ1) is 19.3. The fourth-order valence-electron chi connectivity index (χ4n) is 4.82. The highest BCUT2D eigenvalue weighted by atomic mass is 16.3. The highest BCUT2D eigenvalue weighted by Gasteiger charge is 2.20. The summed E-state index contributed by atoms with van der Waals surface area (Å²) >= 11 is 0. The van der Waals surface area contributed by atoms with Gasteiger partial charge in [0.2, 0.25) is 0 Å². The lowest BCUT2D eigenvalue weighted by atomic mass is 9.86. The summed E-state index contributed by atoms with van der Waals surface area (Å²) in [5.41, 5.74) is 3.18. The molecule has 156 valence electrons. The van der Waals surface area contributed by atoms with E-state index in [2.05, 4.69) is 36.4 Å². The van der Waals surface area contributed by atoms with E-state index in [4.69, 9.17) is 0 Å². The standard InChI is InChI=1S/C31H20O2/c32-29-17-9-8-16-25(29)31(33)28-18-21-12-4-5-13-22(21)27-19-26(20-10-2-1-3-11-20)23-14-6-7-15-24(23)30(27)28/h1-19,32H. The highest BCUT2D eigenvalue weighted by molar-refractivity contribution is 6.30. The van der Waals surface area contributed by atoms with Crippen LogP contribution in [0.3, 0.4) is 0 Å². The predicted octanol–water partition coefficient (Wildman–Crippen LogP) is 7.75. The molecule has 0 aliphatic heterocycles. The second-order valence-corrected chi connectivity index (χ2v) is 8.25. The van der Waals surface area contributed by atoms with Crippen LogP contribution in [-0.4, -0.2) is 10.9 Å². The maximum Gasteiger partial charge on any atom is 0.197 e. The number of phenols is 1. The van der Waals surface area contributed by atoms with E-state index < -0.39 is 0 Å². The molecule has 0 aliphatic rings. The Morgan fingerprint density at radius 1 is 0.545 bits per heavy atom. The molecule has 6 aromatic carbocycles. The predicted molar refractivity (Wildman–Crippen MR) is 136 cm³/mol. The SMILES string of the molecule is O=C(c1ccccc1O)c1cc2ccccc2c2cc(-c3ccccc3)c3ccccc3c12. The van der Waals surface area contributed by atoms with Crippen LogP contribution in [0.4, 0.5) is 0 Å². The monoisotopic (exact) mass is 424 g/mol. The zero-order valence-corrected chi connectivity index (χ0v) is 17.8. The van der Waals surface area contributed by atoms with Crippen molar-refractivity contribution in [2.75, 3.05) is 0 Å². The summed E-state index contributed by atoms with van der Waals surface area (Å²) in [6.45, 7) is 0. The summed E-state index contributed by atoms with van der Waals surface area (Å²) < 4.78 is 0. The van der Waals surface area contributed by atoms with E-state index in [1.54, 1.807) is 24.3 Å². The van der Waals surface area contributed by atoms with Crippen LogP contribution in [-0.2, 0) is 0 Å². The van der Waals surface area contributed by atoms with Crippen LogP contribution in [0.1, 0.15) is 15.9 Å². The third kappa shape index (κ3) is 3.07. The summed E-state index contributed by atoms with van der Waals surface area (Å²) in [5.74, 6) is -0.185. The number of hydrogen-bond acceptors (Lipinski definition) is 2. The molecule has 0 fully saturated rings. The molecule has 6 rings (SSSR count). The van der Waals surface area contributed by atoms with Gasteiger partial charge in [0.1, 0.15) is 5.75 Å². The van der Waals surface area contributed by atoms with E-state index in [0.717, 1.165) is 43.4 Å². The molecular formula is C31H20O2. The first-order chi connectivity index (χ1) is 16.2. The quantitative estimate of drug-likeness (QED) is 0.233. The topological polar surface area (TPSA) is 37.3 Å². The van der Waals surface area contributed by atoms with Crippen molar-refractivity contribution >= 4 is 38.1 Å². The zero-order chi connectivity index (χ0) is 22.4. The Kier molecular flexibility index (Phi) is 4.44. The number of aromatic hydroxyl groups is 1. The summed E-state index contributed by atoms with van der Waals surface area (Å²) in [6.07, 6.45) is 0. The Hall–Kier alpha value is -4.43. The fraction of sp³-hybridized carbons (Fsp3) is 0. The molecule has 0 aliphatic carbocycles. The fourth-order valence-corrected chi connectivity index (χ4v) is 4.82. The van der Waals surface area contributed by atoms with Crippen LogP contribution in [0.5, 0.6) is 5.75 Å². The van der Waals surface area contributed by atoms with Crippen molar-refractivity contribution in [3.05, 3.63) is 126 Å². The van der Waals surface area contributed by atoms with Crippen molar-refractivity contribution in [1.82, 2.24) is 0 Å². The first-order valence-electron chi connectivity index (χ1n) is 11.0. The van der Waals surface area contributed by atoms with Gasteiger partial charge in [0.25, 0.3) is 0 Å². The van der Waals surface area contributed by atoms with E-state index in [-0.39, 0.29) is 11.5 Å². The lowest BCUT2D eigenvalue weighted by molar-refractivity contribution is 0.103. The minimum Gasteiger partial charge on any atom is -0.507 e. The van der Waals surface area contributed by atoms with Crippen LogP contribution < -0.4 is 0 Å². The average molecular weight is 424 g/mol. The number of carbonyl (C=O) groups excluding carboxylic acids is 1. The molecule has 2 heteroatoms. The Morgan fingerprint density at radius 2 is 1.18 bits per heavy atom. The summed E-state index contributed by atoms with van der Waals surface area (Å²) in [5, 5.41) is 16.6. The van der Waals surface area contributed by atoms with Crippen LogP contribution in [0, 0.1) is 0 Å². The van der Waals surface area contributed by atoms with Gasteiger partial charge < -0.3 is 5.11 Å². The molecule has 0 atom stereocenters. The smallest absolute Gasteiger partial charge is 0.197 e. The van der Waals surface area contributed by atoms with Crippen molar-refractivity contribution in [3.63, 3.8) is 0 Å². The average Bonchev–Trinajstić information content (AvgIpc) is 2.88. The normalized spacial score (nSPS) is 11.3. The minimum absolute atomic E-state index is 0.00554. The van der Waals surface area contributed by atoms with Crippen LogP contribution in [0.2, 0.25) is 0 Å². The molecule has 0 heterocycles. The van der Waals surface area contributed by atoms with Crippen molar-refractivity contribution in [1.29, 1.82) is 0 Å². The number of rotatable bonds is 3. The maximum atomic E-state index is 13.8. The molecule has 0 unspecified atom stereocenters. The van der Waals surface area contributed by atoms with Crippen LogP contribution >= 0.6 is 0 Å². The number of ketones is 1. The van der Waals surface area contributed by atoms with E-state index >= 15 is 0 Å². The molecule has 6 aromatic rings. The van der Waals surface area contributed by atoms with Crippen molar-refractivity contribution in [2.45, 2.75) is 0 Å². The lowest BCUT2D eigenvalue weighted by Gasteiger charge is -2.16. The Morgan fingerprint density at radius 3 is 1.97 bits per heavy atom. The van der Waals surface area contributed by atoms with Gasteiger partial charge in [0.15, 0.2) is 5.78 Å². The lowest BCUT2D eigenvalue weighted by Crippen LogP contribution is -2.04. The molecule has 0 saturated heterocycles. The number of hydrogen-bond donors (Lipinski definition) is 1. The zero-order valence-electron chi connectivity index (χ0n) is 17.8. The Balaban J connectivity index is 1.80. The van der Waals surface area contributed by atoms with Gasteiger partial charge in [-0.25, -0.2) is 0 Å². The van der Waals surface area contributed by atoms with Crippen molar-refractivity contribution < 1.29 is 9.90 Å². The van der Waals surface area contributed by atoms with Crippen molar-refractivity contribution in [3.8, 4) is 16.9 Å². The minimum atomic E-state index is -0.179. The number of phenolic OH excluding ortho intramolecular Hbond substituents is 1. The third-order valence-electron chi connectivity index (χ3n) is 6.34. The summed E-state index contributed by atoms with van der Waals surface area (Å²) in [4.78, 5) is 13.8. The van der Waals surface area contributed by atoms with E-state index in [1.165, 1.54) is 0 Å². The largest absolute Gasteiger partial charge is 0.507 e. The molecule has 33 heavy (non-hydrogen) atoms. The van der Waals surface area contributed by atoms with E-state index in [1.807, 2.05) is 54.6 Å². The third-order valence-corrected chi connectivity index (χ3v) is 6.34. The molecule has 0 spiro atoms. The van der Waals surface area contributed by atoms with Gasteiger partial charge in [-0.2, -0.15) is 0 Å². The second-order valence-electron chi connectivity index (χ2n) is 8.25. The van der Waals surface area contributed by atoms with Gasteiger partial charge in [-0.15, -0.1) is 0 Å². The summed E-state index contributed by atoms with van der Waals surface area (Å²) in [7, 11) is 0.